The molecule has 0 bridgehead atoms. The van der Waals surface area contributed by atoms with Gasteiger partial charge in [0.15, 0.2) is 0 Å². The number of rotatable bonds is 3. The predicted molar refractivity (Wildman–Crippen MR) is 53.4 cm³/mol. The van der Waals surface area contributed by atoms with Gasteiger partial charge in [-0.05, 0) is 19.6 Å². The van der Waals surface area contributed by atoms with Gasteiger partial charge in [0, 0.05) is 12.1 Å². The van der Waals surface area contributed by atoms with Crippen LogP contribution < -0.4 is 5.73 Å². The van der Waals surface area contributed by atoms with Crippen LogP contribution in [0.3, 0.4) is 0 Å². The number of thioether (sulfide) groups is 1. The summed E-state index contributed by atoms with van der Waals surface area (Å²) in [6.45, 7) is 6.25. The Morgan fingerprint density at radius 1 is 1.67 bits per heavy atom. The normalized spacial score (nSPS) is 11.0. The molecule has 0 aliphatic heterocycles. The maximum atomic E-state index is 5.76. The molecule has 0 fully saturated rings. The van der Waals surface area contributed by atoms with Crippen LogP contribution >= 0.6 is 11.8 Å². The Morgan fingerprint density at radius 2 is 2.33 bits per heavy atom. The molecular weight excluding hydrogens is 170 g/mol. The molecule has 4 heteroatoms. The Hall–Kier alpha value is -0.640. The molecule has 1 rings (SSSR count). The van der Waals surface area contributed by atoms with Gasteiger partial charge in [0.1, 0.15) is 10.8 Å². The monoisotopic (exact) mass is 185 g/mol. The fraction of sp³-hybridized carbons (Fsp3) is 0.625. The third kappa shape index (κ3) is 1.94. The maximum Gasteiger partial charge on any atom is 0.123 e. The number of nitrogens with two attached hydrogens (primary N) is 1. The van der Waals surface area contributed by atoms with Crippen molar-refractivity contribution in [2.24, 2.45) is 0 Å². The molecule has 0 aliphatic carbocycles. The minimum atomic E-state index is 0.344. The molecule has 1 aromatic heterocycles. The molecule has 0 radical (unpaired) electrons. The Kier molecular flexibility index (Phi) is 3.03. The molecule has 0 saturated heterocycles. The van der Waals surface area contributed by atoms with E-state index in [1.165, 1.54) is 0 Å². The lowest BCUT2D eigenvalue weighted by Gasteiger charge is -2.06. The second kappa shape index (κ2) is 3.85. The molecule has 0 saturated carbocycles. The Morgan fingerprint density at radius 3 is 2.75 bits per heavy atom. The van der Waals surface area contributed by atoms with E-state index in [0.29, 0.717) is 6.04 Å². The van der Waals surface area contributed by atoms with E-state index in [9.17, 15) is 0 Å². The summed E-state index contributed by atoms with van der Waals surface area (Å²) in [7, 11) is 0. The van der Waals surface area contributed by atoms with Crippen molar-refractivity contribution in [3.63, 3.8) is 0 Å². The third-order valence-electron chi connectivity index (χ3n) is 1.52. The highest BCUT2D eigenvalue weighted by atomic mass is 32.2. The van der Waals surface area contributed by atoms with Gasteiger partial charge in [-0.1, -0.05) is 6.92 Å². The van der Waals surface area contributed by atoms with Crippen LogP contribution in [0.4, 0.5) is 5.82 Å². The Bertz CT molecular complexity index is 255. The van der Waals surface area contributed by atoms with Gasteiger partial charge >= 0.3 is 0 Å². The molecule has 2 N–H and O–H groups in total. The minimum Gasteiger partial charge on any atom is -0.384 e. The molecule has 3 nitrogen and oxygen atoms in total. The topological polar surface area (TPSA) is 43.8 Å². The molecule has 1 heterocycles. The van der Waals surface area contributed by atoms with E-state index >= 15 is 0 Å². The molecule has 0 amide bonds. The zero-order chi connectivity index (χ0) is 9.14. The first-order chi connectivity index (χ1) is 5.65. The first kappa shape index (κ1) is 9.45. The summed E-state index contributed by atoms with van der Waals surface area (Å²) in [5.74, 6) is 1.79. The number of aromatic nitrogens is 2. The van der Waals surface area contributed by atoms with E-state index in [2.05, 4.69) is 25.9 Å². The van der Waals surface area contributed by atoms with E-state index in [1.54, 1.807) is 11.8 Å². The van der Waals surface area contributed by atoms with Crippen LogP contribution in [0.2, 0.25) is 0 Å². The lowest BCUT2D eigenvalue weighted by Crippen LogP contribution is -2.06. The van der Waals surface area contributed by atoms with Gasteiger partial charge in [0.05, 0.1) is 0 Å². The molecule has 0 unspecified atom stereocenters. The summed E-state index contributed by atoms with van der Waals surface area (Å²) in [4.78, 5) is 0. The molecule has 0 spiro atoms. The molecule has 0 aromatic carbocycles. The highest BCUT2D eigenvalue weighted by Crippen LogP contribution is 2.20. The van der Waals surface area contributed by atoms with E-state index in [4.69, 9.17) is 5.73 Å². The van der Waals surface area contributed by atoms with Crippen molar-refractivity contribution in [2.45, 2.75) is 31.8 Å². The largest absolute Gasteiger partial charge is 0.384 e. The van der Waals surface area contributed by atoms with Gasteiger partial charge in [0.2, 0.25) is 0 Å². The highest BCUT2D eigenvalue weighted by Gasteiger charge is 2.06. The standard InChI is InChI=1S/C8H15N3S/c1-4-12-8-5-7(9)11(10-8)6(2)3/h5-6H,4,9H2,1-3H3. The van der Waals surface area contributed by atoms with E-state index in [-0.39, 0.29) is 0 Å². The van der Waals surface area contributed by atoms with Crippen LogP contribution in [-0.2, 0) is 0 Å². The average Bonchev–Trinajstić information content (AvgIpc) is 2.32. The second-order valence-electron chi connectivity index (χ2n) is 2.88. The van der Waals surface area contributed by atoms with Gasteiger partial charge in [0.25, 0.3) is 0 Å². The van der Waals surface area contributed by atoms with E-state index in [0.717, 1.165) is 16.6 Å². The van der Waals surface area contributed by atoms with Crippen molar-refractivity contribution in [3.8, 4) is 0 Å². The van der Waals surface area contributed by atoms with E-state index < -0.39 is 0 Å². The van der Waals surface area contributed by atoms with E-state index in [1.807, 2.05) is 10.7 Å². The van der Waals surface area contributed by atoms with Crippen molar-refractivity contribution >= 4 is 17.6 Å². The summed E-state index contributed by atoms with van der Waals surface area (Å²) in [5.41, 5.74) is 5.76. The summed E-state index contributed by atoms with van der Waals surface area (Å²) >= 11 is 1.72. The summed E-state index contributed by atoms with van der Waals surface area (Å²) in [5, 5.41) is 5.37. The van der Waals surface area contributed by atoms with Crippen molar-refractivity contribution in [3.05, 3.63) is 6.07 Å². The Labute approximate surface area is 77.3 Å². The number of anilines is 1. The van der Waals surface area contributed by atoms with Gasteiger partial charge < -0.3 is 5.73 Å². The van der Waals surface area contributed by atoms with Crippen molar-refractivity contribution in [1.29, 1.82) is 0 Å². The number of nitrogen functional groups attached to an aromatic ring is 1. The number of nitrogens with zero attached hydrogens (tertiary/aromatic N) is 2. The molecule has 12 heavy (non-hydrogen) atoms. The van der Waals surface area contributed by atoms with Crippen molar-refractivity contribution in [1.82, 2.24) is 9.78 Å². The molecule has 1 aromatic rings. The van der Waals surface area contributed by atoms with Gasteiger partial charge in [-0.2, -0.15) is 5.10 Å². The summed E-state index contributed by atoms with van der Waals surface area (Å²) in [6.07, 6.45) is 0. The van der Waals surface area contributed by atoms with Crippen LogP contribution in [0, 0.1) is 0 Å². The molecule has 0 aliphatic rings. The highest BCUT2D eigenvalue weighted by molar-refractivity contribution is 7.99. The van der Waals surface area contributed by atoms with Crippen molar-refractivity contribution in [2.75, 3.05) is 11.5 Å². The number of hydrogen-bond acceptors (Lipinski definition) is 3. The first-order valence-electron chi connectivity index (χ1n) is 4.13. The SMILES string of the molecule is CCSc1cc(N)n(C(C)C)n1. The maximum absolute atomic E-state index is 5.76. The lowest BCUT2D eigenvalue weighted by atomic mass is 10.4. The first-order valence-corrected chi connectivity index (χ1v) is 5.11. The van der Waals surface area contributed by atoms with Gasteiger partial charge in [-0.3, -0.25) is 0 Å². The lowest BCUT2D eigenvalue weighted by molar-refractivity contribution is 0.529. The fourth-order valence-corrected chi connectivity index (χ4v) is 1.66. The third-order valence-corrected chi connectivity index (χ3v) is 2.31. The quantitative estimate of drug-likeness (QED) is 0.734. The van der Waals surface area contributed by atoms with Crippen LogP contribution in [0.5, 0.6) is 0 Å². The number of hydrogen-bond donors (Lipinski definition) is 1. The predicted octanol–water partition coefficient (Wildman–Crippen LogP) is 2.16. The Balaban J connectivity index is 2.85. The molecule has 68 valence electrons. The average molecular weight is 185 g/mol. The van der Waals surface area contributed by atoms with Gasteiger partial charge in [-0.25, -0.2) is 4.68 Å². The van der Waals surface area contributed by atoms with Crippen LogP contribution in [-0.4, -0.2) is 15.5 Å². The fourth-order valence-electron chi connectivity index (χ4n) is 1.02. The van der Waals surface area contributed by atoms with Crippen molar-refractivity contribution < 1.29 is 0 Å². The van der Waals surface area contributed by atoms with Crippen LogP contribution in [0.15, 0.2) is 11.1 Å². The van der Waals surface area contributed by atoms with Crippen LogP contribution in [0.1, 0.15) is 26.8 Å². The second-order valence-corrected chi connectivity index (χ2v) is 4.16. The summed E-state index contributed by atoms with van der Waals surface area (Å²) < 4.78 is 1.85. The zero-order valence-electron chi connectivity index (χ0n) is 7.74. The summed E-state index contributed by atoms with van der Waals surface area (Å²) in [6, 6.07) is 2.27. The minimum absolute atomic E-state index is 0.344. The zero-order valence-corrected chi connectivity index (χ0v) is 8.56. The van der Waals surface area contributed by atoms with Crippen LogP contribution in [0.25, 0.3) is 0 Å². The van der Waals surface area contributed by atoms with Gasteiger partial charge in [-0.15, -0.1) is 11.8 Å². The molecule has 0 atom stereocenters. The molecular formula is C8H15N3S. The smallest absolute Gasteiger partial charge is 0.123 e.